The fraction of sp³-hybridized carbons (Fsp3) is 0.684. The van der Waals surface area contributed by atoms with Crippen LogP contribution < -0.4 is 5.32 Å². The number of hydrogen-bond acceptors (Lipinski definition) is 2. The molecule has 0 radical (unpaired) electrons. The van der Waals surface area contributed by atoms with E-state index >= 15 is 0 Å². The fourth-order valence-electron chi connectivity index (χ4n) is 3.77. The maximum Gasteiger partial charge on any atom is 0.0248 e. The Labute approximate surface area is 134 Å². The lowest BCUT2D eigenvalue weighted by Gasteiger charge is -2.26. The van der Waals surface area contributed by atoms with Crippen LogP contribution in [0, 0.1) is 0 Å². The SMILES string of the molecule is CCCNC1CCCCCC1Sc1ccc2c(c1)CCC2. The van der Waals surface area contributed by atoms with Crippen LogP contribution in [0.4, 0.5) is 0 Å². The predicted octanol–water partition coefficient (Wildman–Crippen LogP) is 4.97. The second kappa shape index (κ2) is 7.69. The van der Waals surface area contributed by atoms with E-state index in [0.717, 1.165) is 5.25 Å². The van der Waals surface area contributed by atoms with Crippen LogP contribution in [0.5, 0.6) is 0 Å². The fourth-order valence-corrected chi connectivity index (χ4v) is 5.16. The van der Waals surface area contributed by atoms with Crippen molar-refractivity contribution in [1.29, 1.82) is 0 Å². The molecule has 2 heteroatoms. The van der Waals surface area contributed by atoms with Crippen molar-refractivity contribution in [2.75, 3.05) is 6.54 Å². The Bertz CT molecular complexity index is 457. The van der Waals surface area contributed by atoms with Crippen LogP contribution in [0.1, 0.15) is 63.0 Å². The van der Waals surface area contributed by atoms with E-state index in [1.54, 1.807) is 11.1 Å². The number of fused-ring (bicyclic) bond motifs is 1. The summed E-state index contributed by atoms with van der Waals surface area (Å²) in [7, 11) is 0. The van der Waals surface area contributed by atoms with Crippen LogP contribution in [0.25, 0.3) is 0 Å². The topological polar surface area (TPSA) is 12.0 Å². The number of thioether (sulfide) groups is 1. The minimum absolute atomic E-state index is 0.714. The summed E-state index contributed by atoms with van der Waals surface area (Å²) in [6.45, 7) is 3.44. The molecule has 1 N–H and O–H groups in total. The van der Waals surface area contributed by atoms with E-state index in [1.807, 2.05) is 0 Å². The van der Waals surface area contributed by atoms with Gasteiger partial charge in [0.1, 0.15) is 0 Å². The van der Waals surface area contributed by atoms with E-state index in [4.69, 9.17) is 0 Å². The maximum atomic E-state index is 3.81. The number of nitrogens with one attached hydrogen (secondary N) is 1. The standard InChI is InChI=1S/C19H29NS/c1-2-13-20-18-9-4-3-5-10-19(18)21-17-12-11-15-7-6-8-16(15)14-17/h11-12,14,18-20H,2-10,13H2,1H3. The van der Waals surface area contributed by atoms with Crippen LogP contribution >= 0.6 is 11.8 Å². The summed E-state index contributed by atoms with van der Waals surface area (Å²) in [5, 5.41) is 4.58. The monoisotopic (exact) mass is 303 g/mol. The second-order valence-corrected chi connectivity index (χ2v) is 7.95. The van der Waals surface area contributed by atoms with E-state index in [1.165, 1.54) is 69.2 Å². The van der Waals surface area contributed by atoms with Gasteiger partial charge in [0, 0.05) is 16.2 Å². The summed E-state index contributed by atoms with van der Waals surface area (Å²) in [6, 6.07) is 7.95. The molecule has 1 aromatic carbocycles. The molecule has 1 aromatic rings. The maximum absolute atomic E-state index is 3.81. The molecule has 1 nitrogen and oxygen atoms in total. The molecule has 2 aliphatic carbocycles. The van der Waals surface area contributed by atoms with Gasteiger partial charge in [-0.25, -0.2) is 0 Å². The lowest BCUT2D eigenvalue weighted by atomic mass is 10.1. The Morgan fingerprint density at radius 1 is 1.05 bits per heavy atom. The molecule has 1 saturated carbocycles. The zero-order valence-corrected chi connectivity index (χ0v) is 14.2. The van der Waals surface area contributed by atoms with Crippen molar-refractivity contribution >= 4 is 11.8 Å². The summed E-state index contributed by atoms with van der Waals surface area (Å²) >= 11 is 2.14. The lowest BCUT2D eigenvalue weighted by Crippen LogP contribution is -2.37. The van der Waals surface area contributed by atoms with E-state index in [9.17, 15) is 0 Å². The molecule has 0 aliphatic heterocycles. The van der Waals surface area contributed by atoms with E-state index in [2.05, 4.69) is 42.2 Å². The molecule has 3 rings (SSSR count). The minimum Gasteiger partial charge on any atom is -0.313 e. The van der Waals surface area contributed by atoms with Crippen molar-refractivity contribution in [1.82, 2.24) is 5.32 Å². The highest BCUT2D eigenvalue weighted by molar-refractivity contribution is 8.00. The van der Waals surface area contributed by atoms with Gasteiger partial charge in [0.2, 0.25) is 0 Å². The molecule has 2 atom stereocenters. The Morgan fingerprint density at radius 3 is 2.81 bits per heavy atom. The molecule has 1 fully saturated rings. The summed E-state index contributed by atoms with van der Waals surface area (Å²) in [6.07, 6.45) is 12.2. The third-order valence-electron chi connectivity index (χ3n) is 4.97. The summed E-state index contributed by atoms with van der Waals surface area (Å²) in [5.74, 6) is 0. The predicted molar refractivity (Wildman–Crippen MR) is 93.3 cm³/mol. The Kier molecular flexibility index (Phi) is 5.65. The molecule has 0 saturated heterocycles. The van der Waals surface area contributed by atoms with Crippen molar-refractivity contribution in [3.63, 3.8) is 0 Å². The molecule has 0 heterocycles. The Morgan fingerprint density at radius 2 is 1.90 bits per heavy atom. The summed E-state index contributed by atoms with van der Waals surface area (Å²) in [4.78, 5) is 1.51. The second-order valence-electron chi connectivity index (χ2n) is 6.64. The van der Waals surface area contributed by atoms with Gasteiger partial charge in [-0.05, 0) is 68.3 Å². The third-order valence-corrected chi connectivity index (χ3v) is 6.36. The average molecular weight is 304 g/mol. The quantitative estimate of drug-likeness (QED) is 0.771. The molecule has 0 spiro atoms. The number of benzene rings is 1. The van der Waals surface area contributed by atoms with Crippen molar-refractivity contribution < 1.29 is 0 Å². The lowest BCUT2D eigenvalue weighted by molar-refractivity contribution is 0.470. The van der Waals surface area contributed by atoms with Crippen LogP contribution in [0.3, 0.4) is 0 Å². The van der Waals surface area contributed by atoms with Gasteiger partial charge in [0.15, 0.2) is 0 Å². The molecule has 2 unspecified atom stereocenters. The highest BCUT2D eigenvalue weighted by Crippen LogP contribution is 2.35. The first-order valence-electron chi connectivity index (χ1n) is 8.88. The average Bonchev–Trinajstić information content (AvgIpc) is 2.85. The van der Waals surface area contributed by atoms with Gasteiger partial charge in [0.25, 0.3) is 0 Å². The van der Waals surface area contributed by atoms with E-state index in [0.29, 0.717) is 6.04 Å². The molecule has 21 heavy (non-hydrogen) atoms. The molecule has 0 amide bonds. The molecular formula is C19H29NS. The highest BCUT2D eigenvalue weighted by Gasteiger charge is 2.24. The van der Waals surface area contributed by atoms with Gasteiger partial charge >= 0.3 is 0 Å². The largest absolute Gasteiger partial charge is 0.313 e. The molecule has 116 valence electrons. The van der Waals surface area contributed by atoms with Crippen LogP contribution in [-0.4, -0.2) is 17.8 Å². The first-order chi connectivity index (χ1) is 10.4. The molecule has 0 bridgehead atoms. The van der Waals surface area contributed by atoms with Crippen molar-refractivity contribution in [2.45, 2.75) is 80.9 Å². The van der Waals surface area contributed by atoms with Gasteiger partial charge in [-0.1, -0.05) is 32.3 Å². The van der Waals surface area contributed by atoms with Gasteiger partial charge < -0.3 is 5.32 Å². The van der Waals surface area contributed by atoms with Gasteiger partial charge in [-0.3, -0.25) is 0 Å². The highest BCUT2D eigenvalue weighted by atomic mass is 32.2. The van der Waals surface area contributed by atoms with Gasteiger partial charge in [-0.2, -0.15) is 0 Å². The van der Waals surface area contributed by atoms with Crippen molar-refractivity contribution in [2.24, 2.45) is 0 Å². The number of aryl methyl sites for hydroxylation is 2. The van der Waals surface area contributed by atoms with Gasteiger partial charge in [0.05, 0.1) is 0 Å². The van der Waals surface area contributed by atoms with Crippen LogP contribution in [-0.2, 0) is 12.8 Å². The molecular weight excluding hydrogens is 274 g/mol. The minimum atomic E-state index is 0.714. The zero-order valence-electron chi connectivity index (χ0n) is 13.4. The third kappa shape index (κ3) is 4.04. The summed E-state index contributed by atoms with van der Waals surface area (Å²) in [5.41, 5.74) is 3.22. The zero-order chi connectivity index (χ0) is 14.5. The molecule has 2 aliphatic rings. The number of hydrogen-bond donors (Lipinski definition) is 1. The van der Waals surface area contributed by atoms with Crippen molar-refractivity contribution in [3.8, 4) is 0 Å². The Hall–Kier alpha value is -0.470. The Balaban J connectivity index is 1.67. The van der Waals surface area contributed by atoms with Crippen LogP contribution in [0.2, 0.25) is 0 Å². The van der Waals surface area contributed by atoms with E-state index in [-0.39, 0.29) is 0 Å². The van der Waals surface area contributed by atoms with E-state index < -0.39 is 0 Å². The molecule has 0 aromatic heterocycles. The number of rotatable bonds is 5. The van der Waals surface area contributed by atoms with Crippen LogP contribution in [0.15, 0.2) is 23.1 Å². The smallest absolute Gasteiger partial charge is 0.0248 e. The first kappa shape index (κ1) is 15.4. The summed E-state index contributed by atoms with van der Waals surface area (Å²) < 4.78 is 0. The first-order valence-corrected chi connectivity index (χ1v) is 9.76. The van der Waals surface area contributed by atoms with Crippen molar-refractivity contribution in [3.05, 3.63) is 29.3 Å². The van der Waals surface area contributed by atoms with Gasteiger partial charge in [-0.15, -0.1) is 11.8 Å². The normalized spacial score (nSPS) is 25.6.